The van der Waals surface area contributed by atoms with Crippen LogP contribution in [0, 0.1) is 11.8 Å². The number of halogens is 1. The molecule has 258 valence electrons. The van der Waals surface area contributed by atoms with Crippen LogP contribution in [0.15, 0.2) is 72.9 Å². The molecule has 2 aliphatic rings. The Hall–Kier alpha value is -4.34. The first kappa shape index (κ1) is 34.5. The van der Waals surface area contributed by atoms with E-state index < -0.39 is 6.04 Å². The number of rotatable bonds is 11. The van der Waals surface area contributed by atoms with Crippen LogP contribution in [-0.4, -0.2) is 85.9 Å². The van der Waals surface area contributed by atoms with Gasteiger partial charge >= 0.3 is 0 Å². The van der Waals surface area contributed by atoms with Crippen molar-refractivity contribution in [2.24, 2.45) is 11.8 Å². The average Bonchev–Trinajstić information content (AvgIpc) is 3.51. The van der Waals surface area contributed by atoms with E-state index in [9.17, 15) is 14.4 Å². The molecule has 1 fully saturated rings. The molecule has 1 aromatic heterocycles. The van der Waals surface area contributed by atoms with Crippen molar-refractivity contribution in [3.8, 4) is 5.75 Å². The van der Waals surface area contributed by atoms with Gasteiger partial charge in [0.15, 0.2) is 0 Å². The van der Waals surface area contributed by atoms with E-state index >= 15 is 0 Å². The molecule has 3 heterocycles. The third kappa shape index (κ3) is 8.11. The number of piperidine rings is 1. The summed E-state index contributed by atoms with van der Waals surface area (Å²) < 4.78 is 5.40. The van der Waals surface area contributed by atoms with E-state index in [4.69, 9.17) is 16.3 Å². The van der Waals surface area contributed by atoms with Crippen molar-refractivity contribution in [3.63, 3.8) is 0 Å². The maximum absolute atomic E-state index is 14.6. The summed E-state index contributed by atoms with van der Waals surface area (Å²) in [7, 11) is 5.66. The van der Waals surface area contributed by atoms with Crippen LogP contribution in [0.1, 0.15) is 47.2 Å². The fourth-order valence-corrected chi connectivity index (χ4v) is 7.68. The van der Waals surface area contributed by atoms with Crippen molar-refractivity contribution in [1.29, 1.82) is 0 Å². The molecule has 6 rings (SSSR count). The van der Waals surface area contributed by atoms with Gasteiger partial charge in [0.2, 0.25) is 11.8 Å². The lowest BCUT2D eigenvalue weighted by Crippen LogP contribution is -2.53. The molecule has 1 saturated heterocycles. The number of para-hydroxylation sites is 2. The third-order valence-corrected chi connectivity index (χ3v) is 10.2. The fraction of sp³-hybridized carbons (Fsp3) is 0.410. The number of amides is 3. The first-order valence-corrected chi connectivity index (χ1v) is 17.6. The normalized spacial score (nSPS) is 17.2. The molecule has 2 aliphatic heterocycles. The number of hydrogen-bond acceptors (Lipinski definition) is 5. The zero-order chi connectivity index (χ0) is 34.5. The van der Waals surface area contributed by atoms with Gasteiger partial charge in [0, 0.05) is 66.8 Å². The van der Waals surface area contributed by atoms with Crippen LogP contribution in [0.25, 0.3) is 10.9 Å². The smallest absolute Gasteiger partial charge is 0.257 e. The Labute approximate surface area is 293 Å². The first-order valence-electron chi connectivity index (χ1n) is 17.2. The van der Waals surface area contributed by atoms with Crippen LogP contribution in [0.3, 0.4) is 0 Å². The van der Waals surface area contributed by atoms with Crippen LogP contribution < -0.4 is 15.0 Å². The van der Waals surface area contributed by atoms with Crippen molar-refractivity contribution < 1.29 is 19.1 Å². The highest BCUT2D eigenvalue weighted by molar-refractivity contribution is 6.30. The minimum atomic E-state index is -0.742. The summed E-state index contributed by atoms with van der Waals surface area (Å²) in [6, 6.07) is 20.3. The number of anilines is 1. The third-order valence-electron chi connectivity index (χ3n) is 9.92. The van der Waals surface area contributed by atoms with Gasteiger partial charge < -0.3 is 29.7 Å². The van der Waals surface area contributed by atoms with Crippen LogP contribution >= 0.6 is 11.6 Å². The number of aromatic amines is 1. The lowest BCUT2D eigenvalue weighted by Gasteiger charge is -2.37. The highest BCUT2D eigenvalue weighted by atomic mass is 35.5. The van der Waals surface area contributed by atoms with Gasteiger partial charge in [0.05, 0.1) is 12.7 Å². The quantitative estimate of drug-likeness (QED) is 0.204. The molecule has 2 atom stereocenters. The van der Waals surface area contributed by atoms with Gasteiger partial charge in [-0.25, -0.2) is 0 Å². The zero-order valence-electron chi connectivity index (χ0n) is 28.6. The lowest BCUT2D eigenvalue weighted by molar-refractivity contribution is -0.127. The van der Waals surface area contributed by atoms with Crippen LogP contribution in [-0.2, 0) is 22.4 Å². The second-order valence-electron chi connectivity index (χ2n) is 13.7. The van der Waals surface area contributed by atoms with Gasteiger partial charge in [0.1, 0.15) is 11.8 Å². The van der Waals surface area contributed by atoms with Crippen molar-refractivity contribution in [2.75, 3.05) is 52.3 Å². The van der Waals surface area contributed by atoms with E-state index in [0.717, 1.165) is 53.5 Å². The molecule has 0 radical (unpaired) electrons. The van der Waals surface area contributed by atoms with Crippen molar-refractivity contribution >= 4 is 45.9 Å². The van der Waals surface area contributed by atoms with E-state index in [1.807, 2.05) is 84.7 Å². The molecule has 0 unspecified atom stereocenters. The number of likely N-dealkylation sites (tertiary alicyclic amines) is 1. The summed E-state index contributed by atoms with van der Waals surface area (Å²) in [5.74, 6) is 0.850. The van der Waals surface area contributed by atoms with E-state index in [0.29, 0.717) is 61.2 Å². The monoisotopic (exact) mass is 683 g/mol. The number of fused-ring (bicyclic) bond motifs is 2. The van der Waals surface area contributed by atoms with Crippen LogP contribution in [0.2, 0.25) is 5.02 Å². The summed E-state index contributed by atoms with van der Waals surface area (Å²) in [4.78, 5) is 50.5. The number of nitrogens with one attached hydrogen (secondary N) is 2. The number of H-pyrrole nitrogens is 1. The van der Waals surface area contributed by atoms with E-state index in [-0.39, 0.29) is 23.6 Å². The Morgan fingerprint density at radius 1 is 1.02 bits per heavy atom. The summed E-state index contributed by atoms with van der Waals surface area (Å²) in [5.41, 5.74) is 4.46. The molecule has 49 heavy (non-hydrogen) atoms. The van der Waals surface area contributed by atoms with Gasteiger partial charge in [-0.2, -0.15) is 0 Å². The maximum atomic E-state index is 14.6. The number of carbonyl (C=O) groups excluding carboxylic acids is 3. The maximum Gasteiger partial charge on any atom is 0.257 e. The van der Waals surface area contributed by atoms with Gasteiger partial charge in [-0.3, -0.25) is 14.4 Å². The SMILES string of the molecule is COc1ccccc1C(=O)N1CCC(CCC(=O)N[C@H](Cc2c[nH]c3ccccc23)C(=O)N2C[C@H](CN(C)C)Cc3cc(Cl)ccc32)CC1. The largest absolute Gasteiger partial charge is 0.496 e. The molecule has 4 aromatic rings. The highest BCUT2D eigenvalue weighted by Gasteiger charge is 2.34. The molecular formula is C39H46ClN5O4. The highest BCUT2D eigenvalue weighted by Crippen LogP contribution is 2.33. The summed E-state index contributed by atoms with van der Waals surface area (Å²) in [6.07, 6.45) is 5.82. The minimum Gasteiger partial charge on any atom is -0.496 e. The van der Waals surface area contributed by atoms with Crippen LogP contribution in [0.4, 0.5) is 5.69 Å². The molecule has 3 amide bonds. The number of benzene rings is 3. The summed E-state index contributed by atoms with van der Waals surface area (Å²) in [5, 5.41) is 4.85. The van der Waals surface area contributed by atoms with Crippen molar-refractivity contribution in [1.82, 2.24) is 20.1 Å². The average molecular weight is 684 g/mol. The number of carbonyl (C=O) groups is 3. The second-order valence-corrected chi connectivity index (χ2v) is 14.1. The van der Waals surface area contributed by atoms with Crippen molar-refractivity contribution in [3.05, 3.63) is 94.6 Å². The van der Waals surface area contributed by atoms with Gasteiger partial charge in [-0.05, 0) is 99.1 Å². The Morgan fingerprint density at radius 3 is 2.55 bits per heavy atom. The Balaban J connectivity index is 1.14. The number of aromatic nitrogens is 1. The molecule has 0 saturated carbocycles. The number of ether oxygens (including phenoxy) is 1. The second kappa shape index (κ2) is 15.5. The topological polar surface area (TPSA) is 98.0 Å². The minimum absolute atomic E-state index is 0.0262. The molecule has 10 heteroatoms. The van der Waals surface area contributed by atoms with Gasteiger partial charge in [0.25, 0.3) is 5.91 Å². The predicted molar refractivity (Wildman–Crippen MR) is 194 cm³/mol. The summed E-state index contributed by atoms with van der Waals surface area (Å²) >= 11 is 6.40. The molecule has 0 aliphatic carbocycles. The van der Waals surface area contributed by atoms with Gasteiger partial charge in [-0.15, -0.1) is 0 Å². The molecule has 0 spiro atoms. The predicted octanol–water partition coefficient (Wildman–Crippen LogP) is 5.96. The Kier molecular flexibility index (Phi) is 10.9. The summed E-state index contributed by atoms with van der Waals surface area (Å²) in [6.45, 7) is 2.67. The molecule has 3 aromatic carbocycles. The number of methoxy groups -OCH3 is 1. The van der Waals surface area contributed by atoms with E-state index in [1.54, 1.807) is 19.2 Å². The standard InChI is InChI=1S/C39H46ClN5O4/c1-43(2)24-27-20-28-21-30(40)13-14-35(28)45(25-27)39(48)34(22-29-23-41-33-10-6-4-8-31(29)33)42-37(46)15-12-26-16-18-44(19-17-26)38(47)32-9-5-7-11-36(32)49-3/h4-11,13-14,21,23,26-27,34,41H,12,15-20,22,24-25H2,1-3H3,(H,42,46)/t27-,34+/m0/s1. The molecule has 9 nitrogen and oxygen atoms in total. The molecular weight excluding hydrogens is 638 g/mol. The Bertz CT molecular complexity index is 1800. The van der Waals surface area contributed by atoms with E-state index in [2.05, 4.69) is 15.2 Å². The van der Waals surface area contributed by atoms with Crippen LogP contribution in [0.5, 0.6) is 5.75 Å². The number of nitrogens with zero attached hydrogens (tertiary/aromatic N) is 3. The fourth-order valence-electron chi connectivity index (χ4n) is 7.49. The molecule has 2 N–H and O–H groups in total. The van der Waals surface area contributed by atoms with E-state index in [1.165, 1.54) is 0 Å². The Morgan fingerprint density at radius 2 is 1.78 bits per heavy atom. The van der Waals surface area contributed by atoms with Crippen molar-refractivity contribution in [2.45, 2.75) is 44.6 Å². The first-order chi connectivity index (χ1) is 23.7. The number of hydrogen-bond donors (Lipinski definition) is 2. The zero-order valence-corrected chi connectivity index (χ0v) is 29.3. The van der Waals surface area contributed by atoms with Gasteiger partial charge in [-0.1, -0.05) is 41.9 Å². The molecule has 0 bridgehead atoms. The lowest BCUT2D eigenvalue weighted by atomic mass is 9.90.